The van der Waals surface area contributed by atoms with Gasteiger partial charge in [-0.25, -0.2) is 21.8 Å². The van der Waals surface area contributed by atoms with Gasteiger partial charge in [-0.3, -0.25) is 0 Å². The van der Waals surface area contributed by atoms with E-state index in [2.05, 4.69) is 26.6 Å². The van der Waals surface area contributed by atoms with E-state index in [1.807, 2.05) is 42.7 Å². The van der Waals surface area contributed by atoms with Crippen molar-refractivity contribution in [1.82, 2.24) is 14.5 Å². The highest BCUT2D eigenvalue weighted by Gasteiger charge is 2.24. The summed E-state index contributed by atoms with van der Waals surface area (Å²) >= 11 is 0. The zero-order chi connectivity index (χ0) is 26.9. The van der Waals surface area contributed by atoms with Crippen molar-refractivity contribution in [2.75, 3.05) is 32.1 Å². The van der Waals surface area contributed by atoms with Crippen molar-refractivity contribution in [3.8, 4) is 0 Å². The number of fused-ring (bicyclic) bond motifs is 1. The fourth-order valence-electron chi connectivity index (χ4n) is 5.42. The van der Waals surface area contributed by atoms with E-state index in [0.29, 0.717) is 21.3 Å². The first kappa shape index (κ1) is 29.3. The number of imidazole rings is 1. The van der Waals surface area contributed by atoms with Gasteiger partial charge in [0, 0.05) is 37.6 Å². The lowest BCUT2D eigenvalue weighted by molar-refractivity contribution is 0.184. The summed E-state index contributed by atoms with van der Waals surface area (Å²) in [6.45, 7) is 2.89. The molecule has 3 aromatic carbocycles. The Morgan fingerprint density at radius 1 is 0.821 bits per heavy atom. The monoisotopic (exact) mass is 587 g/mol. The first-order valence-electron chi connectivity index (χ1n) is 12.8. The number of nitrogens with zero attached hydrogens (tertiary/aromatic N) is 3. The quantitative estimate of drug-likeness (QED) is 0.284. The number of hydrogen-bond donors (Lipinski definition) is 0. The average Bonchev–Trinajstić information content (AvgIpc) is 3.33. The number of halogens is 1. The van der Waals surface area contributed by atoms with E-state index in [1.165, 1.54) is 18.1 Å². The number of rotatable bonds is 8. The number of hydrogen-bond acceptors (Lipinski definition) is 6. The smallest absolute Gasteiger partial charge is 0.175 e. The maximum atomic E-state index is 11.9. The molecule has 5 rings (SSSR count). The molecular weight excluding hydrogens is 554 g/mol. The molecular formula is C29H34ClN3O4S2. The second kappa shape index (κ2) is 11.8. The van der Waals surface area contributed by atoms with Crippen LogP contribution < -0.4 is 0 Å². The van der Waals surface area contributed by atoms with Crippen LogP contribution in [-0.4, -0.2) is 63.4 Å². The lowest BCUT2D eigenvalue weighted by Gasteiger charge is -2.33. The number of benzene rings is 3. The van der Waals surface area contributed by atoms with Gasteiger partial charge >= 0.3 is 0 Å². The Morgan fingerprint density at radius 2 is 1.41 bits per heavy atom. The van der Waals surface area contributed by atoms with Crippen LogP contribution in [0.5, 0.6) is 0 Å². The number of piperidine rings is 1. The van der Waals surface area contributed by atoms with Crippen molar-refractivity contribution in [3.63, 3.8) is 0 Å². The minimum absolute atomic E-state index is 0. The first-order chi connectivity index (χ1) is 18.1. The van der Waals surface area contributed by atoms with Crippen LogP contribution in [0.2, 0.25) is 0 Å². The van der Waals surface area contributed by atoms with Crippen molar-refractivity contribution < 1.29 is 16.8 Å². The molecule has 39 heavy (non-hydrogen) atoms. The highest BCUT2D eigenvalue weighted by molar-refractivity contribution is 7.91. The minimum atomic E-state index is -3.26. The van der Waals surface area contributed by atoms with Crippen molar-refractivity contribution in [1.29, 1.82) is 0 Å². The fourth-order valence-corrected chi connectivity index (χ4v) is 6.70. The normalized spacial score (nSPS) is 16.2. The third kappa shape index (κ3) is 6.72. The van der Waals surface area contributed by atoms with E-state index in [1.54, 1.807) is 24.3 Å². The molecule has 2 heterocycles. The molecule has 4 aromatic rings. The van der Waals surface area contributed by atoms with Gasteiger partial charge in [0.25, 0.3) is 0 Å². The van der Waals surface area contributed by atoms with Crippen LogP contribution in [0.1, 0.15) is 42.3 Å². The molecule has 208 valence electrons. The molecule has 1 fully saturated rings. The summed E-state index contributed by atoms with van der Waals surface area (Å²) in [5.74, 6) is 0.184. The molecule has 0 saturated carbocycles. The molecule has 0 spiro atoms. The summed E-state index contributed by atoms with van der Waals surface area (Å²) in [5.41, 5.74) is 4.03. The highest BCUT2D eigenvalue weighted by Crippen LogP contribution is 2.31. The van der Waals surface area contributed by atoms with Gasteiger partial charge in [0.05, 0.1) is 27.2 Å². The van der Waals surface area contributed by atoms with Crippen LogP contribution >= 0.6 is 12.4 Å². The van der Waals surface area contributed by atoms with E-state index in [-0.39, 0.29) is 18.3 Å². The standard InChI is InChI=1S/C29H33N3O4S2.ClH/c1-37(33,34)25-10-8-23(9-11-25)27(22-6-4-3-5-7-22)16-19-31-17-14-24(15-18-31)32-21-30-28-20-26(38(2,35)36)12-13-29(28)32;/h3-13,20-21,24,27H,14-19H2,1-2H3;1H/t27-;/m0./s1. The van der Waals surface area contributed by atoms with Gasteiger partial charge in [-0.15, -0.1) is 12.4 Å². The number of sulfone groups is 2. The molecule has 7 nitrogen and oxygen atoms in total. The molecule has 1 aliphatic rings. The Hall–Kier alpha value is -2.72. The average molecular weight is 588 g/mol. The second-order valence-corrected chi connectivity index (χ2v) is 14.3. The van der Waals surface area contributed by atoms with Gasteiger partial charge in [-0.1, -0.05) is 42.5 Å². The van der Waals surface area contributed by atoms with Gasteiger partial charge in [0.15, 0.2) is 19.7 Å². The molecule has 10 heteroatoms. The Bertz CT molecular complexity index is 1630. The van der Waals surface area contributed by atoms with Crippen molar-refractivity contribution in [3.05, 3.63) is 90.3 Å². The zero-order valence-electron chi connectivity index (χ0n) is 22.1. The summed E-state index contributed by atoms with van der Waals surface area (Å²) in [6, 6.07) is 23.2. The molecule has 0 aliphatic carbocycles. The minimum Gasteiger partial charge on any atom is -0.327 e. The summed E-state index contributed by atoms with van der Waals surface area (Å²) in [5, 5.41) is 0. The Kier molecular flexibility index (Phi) is 8.85. The largest absolute Gasteiger partial charge is 0.327 e. The predicted octanol–water partition coefficient (Wildman–Crippen LogP) is 5.12. The summed E-state index contributed by atoms with van der Waals surface area (Å²) in [4.78, 5) is 7.62. The molecule has 1 aliphatic heterocycles. The van der Waals surface area contributed by atoms with Crippen molar-refractivity contribution >= 4 is 43.1 Å². The van der Waals surface area contributed by atoms with E-state index in [4.69, 9.17) is 0 Å². The van der Waals surface area contributed by atoms with Crippen LogP contribution in [0.4, 0.5) is 0 Å². The van der Waals surface area contributed by atoms with Crippen molar-refractivity contribution in [2.24, 2.45) is 0 Å². The number of aromatic nitrogens is 2. The summed E-state index contributed by atoms with van der Waals surface area (Å²) < 4.78 is 49.8. The Labute approximate surface area is 237 Å². The van der Waals surface area contributed by atoms with Gasteiger partial charge in [-0.2, -0.15) is 0 Å². The van der Waals surface area contributed by atoms with E-state index < -0.39 is 19.7 Å². The van der Waals surface area contributed by atoms with E-state index in [0.717, 1.165) is 50.0 Å². The summed E-state index contributed by atoms with van der Waals surface area (Å²) in [7, 11) is -6.49. The predicted molar refractivity (Wildman–Crippen MR) is 157 cm³/mol. The van der Waals surface area contributed by atoms with Gasteiger partial charge in [0.1, 0.15) is 0 Å². The topological polar surface area (TPSA) is 89.3 Å². The highest BCUT2D eigenvalue weighted by atomic mass is 35.5. The van der Waals surface area contributed by atoms with Crippen LogP contribution in [-0.2, 0) is 19.7 Å². The molecule has 0 radical (unpaired) electrons. The lowest BCUT2D eigenvalue weighted by Crippen LogP contribution is -2.35. The Morgan fingerprint density at radius 3 is 2.03 bits per heavy atom. The summed E-state index contributed by atoms with van der Waals surface area (Å²) in [6.07, 6.45) is 7.22. The molecule has 1 saturated heterocycles. The number of likely N-dealkylation sites (tertiary alicyclic amines) is 1. The van der Waals surface area contributed by atoms with E-state index >= 15 is 0 Å². The van der Waals surface area contributed by atoms with Crippen LogP contribution in [0.25, 0.3) is 11.0 Å². The maximum Gasteiger partial charge on any atom is 0.175 e. The third-order valence-corrected chi connectivity index (χ3v) is 9.81. The van der Waals surface area contributed by atoms with Gasteiger partial charge in [-0.05, 0) is 67.3 Å². The maximum absolute atomic E-state index is 11.9. The Balaban J connectivity index is 0.00000353. The fraction of sp³-hybridized carbons (Fsp3) is 0.345. The third-order valence-electron chi connectivity index (χ3n) is 7.57. The zero-order valence-corrected chi connectivity index (χ0v) is 24.6. The SMILES string of the molecule is CS(=O)(=O)c1ccc([C@@H](CCN2CCC(n3cnc4cc(S(C)(=O)=O)ccc43)CC2)c2ccccc2)cc1.Cl. The molecule has 1 atom stereocenters. The van der Waals surface area contributed by atoms with Crippen LogP contribution in [0.3, 0.4) is 0 Å². The lowest BCUT2D eigenvalue weighted by atomic mass is 9.88. The molecule has 0 N–H and O–H groups in total. The molecule has 0 amide bonds. The van der Waals surface area contributed by atoms with Crippen LogP contribution in [0.15, 0.2) is 88.9 Å². The van der Waals surface area contributed by atoms with Crippen LogP contribution in [0, 0.1) is 0 Å². The van der Waals surface area contributed by atoms with Gasteiger partial charge in [0.2, 0.25) is 0 Å². The van der Waals surface area contributed by atoms with E-state index in [9.17, 15) is 16.8 Å². The van der Waals surface area contributed by atoms with Crippen molar-refractivity contribution in [2.45, 2.75) is 41.0 Å². The molecule has 0 unspecified atom stereocenters. The molecule has 1 aromatic heterocycles. The first-order valence-corrected chi connectivity index (χ1v) is 16.6. The van der Waals surface area contributed by atoms with Gasteiger partial charge < -0.3 is 9.47 Å². The second-order valence-electron chi connectivity index (χ2n) is 10.2. The molecule has 0 bridgehead atoms.